The van der Waals surface area contributed by atoms with Gasteiger partial charge < -0.3 is 5.73 Å². The van der Waals surface area contributed by atoms with Gasteiger partial charge in [-0.05, 0) is 43.9 Å². The molecule has 116 valence electrons. The van der Waals surface area contributed by atoms with E-state index in [-0.39, 0.29) is 34.8 Å². The lowest BCUT2D eigenvalue weighted by atomic mass is 9.98. The summed E-state index contributed by atoms with van der Waals surface area (Å²) in [6.45, 7) is 2.03. The first-order valence-electron chi connectivity index (χ1n) is 6.26. The van der Waals surface area contributed by atoms with Gasteiger partial charge in [-0.2, -0.15) is 5.26 Å². The van der Waals surface area contributed by atoms with Crippen LogP contribution >= 0.6 is 24.0 Å². The maximum atomic E-state index is 12.4. The Morgan fingerprint density at radius 2 is 2.14 bits per heavy atom. The van der Waals surface area contributed by atoms with Crippen LogP contribution in [0, 0.1) is 17.2 Å². The van der Waals surface area contributed by atoms with E-state index >= 15 is 0 Å². The van der Waals surface area contributed by atoms with Gasteiger partial charge in [0.05, 0.1) is 16.7 Å². The Morgan fingerprint density at radius 3 is 2.57 bits per heavy atom. The molecule has 3 N–H and O–H groups in total. The van der Waals surface area contributed by atoms with Crippen molar-refractivity contribution in [2.24, 2.45) is 11.7 Å². The predicted octanol–water partition coefficient (Wildman–Crippen LogP) is 2.04. The fourth-order valence-corrected chi connectivity index (χ4v) is 4.18. The van der Waals surface area contributed by atoms with Crippen LogP contribution in [-0.2, 0) is 10.0 Å². The summed E-state index contributed by atoms with van der Waals surface area (Å²) in [5.41, 5.74) is 5.37. The molecule has 1 unspecified atom stereocenters. The summed E-state index contributed by atoms with van der Waals surface area (Å²) in [5, 5.41) is 8.81. The van der Waals surface area contributed by atoms with E-state index in [1.165, 1.54) is 18.2 Å². The molecule has 0 bridgehead atoms. The minimum Gasteiger partial charge on any atom is -0.329 e. The lowest BCUT2D eigenvalue weighted by Gasteiger charge is -2.29. The van der Waals surface area contributed by atoms with Crippen molar-refractivity contribution >= 4 is 34.0 Å². The Hall–Kier alpha value is -0.840. The van der Waals surface area contributed by atoms with Crippen molar-refractivity contribution in [2.75, 3.05) is 6.54 Å². The lowest BCUT2D eigenvalue weighted by molar-refractivity contribution is 0.374. The molecule has 0 radical (unpaired) electrons. The molecule has 21 heavy (non-hydrogen) atoms. The van der Waals surface area contributed by atoms with E-state index in [9.17, 15) is 8.42 Å². The van der Waals surface area contributed by atoms with Gasteiger partial charge in [0.1, 0.15) is 4.90 Å². The average Bonchev–Trinajstić information content (AvgIpc) is 3.22. The molecule has 8 heteroatoms. The van der Waals surface area contributed by atoms with Gasteiger partial charge >= 0.3 is 0 Å². The van der Waals surface area contributed by atoms with Crippen molar-refractivity contribution in [2.45, 2.75) is 30.2 Å². The Kier molecular flexibility index (Phi) is 5.64. The van der Waals surface area contributed by atoms with Crippen molar-refractivity contribution in [3.8, 4) is 6.07 Å². The molecule has 1 aromatic rings. The minimum absolute atomic E-state index is 0. The molecule has 2 rings (SSSR count). The molecule has 0 aliphatic heterocycles. The maximum Gasteiger partial charge on any atom is 0.242 e. The lowest BCUT2D eigenvalue weighted by Crippen LogP contribution is -2.53. The van der Waals surface area contributed by atoms with Gasteiger partial charge in [-0.15, -0.1) is 12.4 Å². The van der Waals surface area contributed by atoms with Crippen LogP contribution in [0.5, 0.6) is 0 Å². The Bertz CT molecular complexity index is 668. The Labute approximate surface area is 135 Å². The molecule has 1 fully saturated rings. The fourth-order valence-electron chi connectivity index (χ4n) is 2.16. The van der Waals surface area contributed by atoms with E-state index in [0.29, 0.717) is 5.56 Å². The highest BCUT2D eigenvalue weighted by atomic mass is 35.5. The fraction of sp³-hybridized carbons (Fsp3) is 0.462. The van der Waals surface area contributed by atoms with Gasteiger partial charge in [0, 0.05) is 12.1 Å². The van der Waals surface area contributed by atoms with Crippen LogP contribution in [0.25, 0.3) is 0 Å². The third-order valence-electron chi connectivity index (χ3n) is 3.62. The molecular weight excluding hydrogens is 333 g/mol. The summed E-state index contributed by atoms with van der Waals surface area (Å²) >= 11 is 5.96. The topological polar surface area (TPSA) is 96.0 Å². The van der Waals surface area contributed by atoms with Crippen LogP contribution in [0.2, 0.25) is 5.02 Å². The first-order valence-corrected chi connectivity index (χ1v) is 8.12. The number of nitrogens with one attached hydrogen (secondary N) is 1. The van der Waals surface area contributed by atoms with Gasteiger partial charge in [0.2, 0.25) is 10.0 Å². The molecule has 0 aromatic heterocycles. The zero-order valence-electron chi connectivity index (χ0n) is 11.5. The predicted molar refractivity (Wildman–Crippen MR) is 83.9 cm³/mol. The van der Waals surface area contributed by atoms with E-state index in [0.717, 1.165) is 12.8 Å². The second kappa shape index (κ2) is 6.51. The first kappa shape index (κ1) is 18.2. The van der Waals surface area contributed by atoms with E-state index in [1.807, 2.05) is 6.07 Å². The highest BCUT2D eigenvalue weighted by molar-refractivity contribution is 7.89. The molecule has 1 aliphatic carbocycles. The van der Waals surface area contributed by atoms with Crippen LogP contribution in [-0.4, -0.2) is 20.5 Å². The van der Waals surface area contributed by atoms with Gasteiger partial charge in [0.15, 0.2) is 0 Å². The molecule has 1 atom stereocenters. The number of halogens is 2. The summed E-state index contributed by atoms with van der Waals surface area (Å²) in [7, 11) is -3.76. The second-order valence-corrected chi connectivity index (χ2v) is 7.32. The van der Waals surface area contributed by atoms with Crippen molar-refractivity contribution in [3.63, 3.8) is 0 Å². The Balaban J connectivity index is 0.00000220. The SMILES string of the molecule is CC(CN)(NS(=O)(=O)c1ccc(C#N)cc1Cl)C1CC1.Cl. The highest BCUT2D eigenvalue weighted by Crippen LogP contribution is 2.40. The van der Waals surface area contributed by atoms with Gasteiger partial charge in [0.25, 0.3) is 0 Å². The van der Waals surface area contributed by atoms with Gasteiger partial charge in [-0.25, -0.2) is 13.1 Å². The number of nitriles is 1. The van der Waals surface area contributed by atoms with Crippen molar-refractivity contribution in [1.82, 2.24) is 4.72 Å². The summed E-state index contributed by atoms with van der Waals surface area (Å²) < 4.78 is 27.5. The normalized spacial score (nSPS) is 17.4. The van der Waals surface area contributed by atoms with Crippen LogP contribution < -0.4 is 10.5 Å². The van der Waals surface area contributed by atoms with Crippen LogP contribution in [0.15, 0.2) is 23.1 Å². The van der Waals surface area contributed by atoms with E-state index in [4.69, 9.17) is 22.6 Å². The van der Waals surface area contributed by atoms with Crippen LogP contribution in [0.1, 0.15) is 25.3 Å². The van der Waals surface area contributed by atoms with Crippen molar-refractivity contribution in [3.05, 3.63) is 28.8 Å². The molecule has 1 saturated carbocycles. The van der Waals surface area contributed by atoms with Crippen molar-refractivity contribution < 1.29 is 8.42 Å². The number of rotatable bonds is 5. The summed E-state index contributed by atoms with van der Waals surface area (Å²) in [6, 6.07) is 6.02. The zero-order chi connectivity index (χ0) is 15.0. The second-order valence-electron chi connectivity index (χ2n) is 5.26. The molecular formula is C13H17Cl2N3O2S. The molecule has 0 saturated heterocycles. The highest BCUT2D eigenvalue weighted by Gasteiger charge is 2.43. The first-order chi connectivity index (χ1) is 9.32. The van der Waals surface area contributed by atoms with E-state index in [1.54, 1.807) is 6.92 Å². The van der Waals surface area contributed by atoms with Crippen LogP contribution in [0.3, 0.4) is 0 Å². The monoisotopic (exact) mass is 349 g/mol. The van der Waals surface area contributed by atoms with Crippen LogP contribution in [0.4, 0.5) is 0 Å². The smallest absolute Gasteiger partial charge is 0.242 e. The standard InChI is InChI=1S/C13H16ClN3O2S.ClH/c1-13(8-16,10-3-4-10)17-20(18,19)12-5-2-9(7-15)6-11(12)14;/h2,5-6,10,17H,3-4,8,16H2,1H3;1H. The number of hydrogen-bond acceptors (Lipinski definition) is 4. The van der Waals surface area contributed by atoms with E-state index < -0.39 is 15.6 Å². The third kappa shape index (κ3) is 3.87. The molecule has 1 aromatic carbocycles. The molecule has 0 amide bonds. The largest absolute Gasteiger partial charge is 0.329 e. The molecule has 0 spiro atoms. The number of benzene rings is 1. The number of hydrogen-bond donors (Lipinski definition) is 2. The molecule has 5 nitrogen and oxygen atoms in total. The van der Waals surface area contributed by atoms with Crippen molar-refractivity contribution in [1.29, 1.82) is 5.26 Å². The van der Waals surface area contributed by atoms with Gasteiger partial charge in [-0.3, -0.25) is 0 Å². The molecule has 1 aliphatic rings. The Morgan fingerprint density at radius 1 is 1.52 bits per heavy atom. The number of nitrogens with zero attached hydrogens (tertiary/aromatic N) is 1. The zero-order valence-corrected chi connectivity index (χ0v) is 13.9. The summed E-state index contributed by atoms with van der Waals surface area (Å²) in [6.07, 6.45) is 1.94. The summed E-state index contributed by atoms with van der Waals surface area (Å²) in [4.78, 5) is -0.0292. The number of nitrogens with two attached hydrogens (primary N) is 1. The number of sulfonamides is 1. The quantitative estimate of drug-likeness (QED) is 0.849. The summed E-state index contributed by atoms with van der Waals surface area (Å²) in [5.74, 6) is 0.263. The van der Waals surface area contributed by atoms with Gasteiger partial charge in [-0.1, -0.05) is 11.6 Å². The average molecular weight is 350 g/mol. The third-order valence-corrected chi connectivity index (χ3v) is 5.72. The maximum absolute atomic E-state index is 12.4. The van der Waals surface area contributed by atoms with E-state index in [2.05, 4.69) is 4.72 Å². The minimum atomic E-state index is -3.76. The molecule has 0 heterocycles.